The summed E-state index contributed by atoms with van der Waals surface area (Å²) in [7, 11) is 0. The Labute approximate surface area is 204 Å². The average molecular weight is 463 g/mol. The summed E-state index contributed by atoms with van der Waals surface area (Å²) in [6.45, 7) is 24.0. The van der Waals surface area contributed by atoms with Crippen molar-refractivity contribution in [1.82, 2.24) is 0 Å². The lowest BCUT2D eigenvalue weighted by atomic mass is 9.54. The van der Waals surface area contributed by atoms with E-state index in [2.05, 4.69) is 54.7 Å². The third kappa shape index (κ3) is 6.25. The molecule has 0 aliphatic rings. The van der Waals surface area contributed by atoms with E-state index in [-0.39, 0.29) is 16.2 Å². The average Bonchev–Trinajstić information content (AvgIpc) is 2.71. The van der Waals surface area contributed by atoms with Crippen LogP contribution in [-0.4, -0.2) is 11.9 Å². The van der Waals surface area contributed by atoms with Crippen molar-refractivity contribution in [2.45, 2.75) is 67.2 Å². The quantitative estimate of drug-likeness (QED) is 0.244. The van der Waals surface area contributed by atoms with Gasteiger partial charge in [-0.2, -0.15) is 0 Å². The number of benzene rings is 2. The normalized spacial score (nSPS) is 12.1. The first-order valence-electron chi connectivity index (χ1n) is 11.5. The van der Waals surface area contributed by atoms with Gasteiger partial charge in [0.05, 0.1) is 0 Å². The summed E-state index contributed by atoms with van der Waals surface area (Å²) in [6.07, 6.45) is 0.874. The second-order valence-corrected chi connectivity index (χ2v) is 11.3. The number of carbonyl (C=O) groups is 2. The molecular weight excluding hydrogens is 424 g/mol. The van der Waals surface area contributed by atoms with Gasteiger partial charge in [0.15, 0.2) is 0 Å². The van der Waals surface area contributed by atoms with Crippen LogP contribution < -0.4 is 9.47 Å². The maximum atomic E-state index is 11.9. The summed E-state index contributed by atoms with van der Waals surface area (Å²) in [5.74, 6) is 0.0867. The fourth-order valence-electron chi connectivity index (χ4n) is 4.30. The molecule has 0 N–H and O–H groups in total. The van der Waals surface area contributed by atoms with E-state index in [9.17, 15) is 9.59 Å². The number of hydrogen-bond acceptors (Lipinski definition) is 4. The molecule has 0 fully saturated rings. The van der Waals surface area contributed by atoms with Crippen LogP contribution in [0.25, 0.3) is 0 Å². The number of esters is 2. The predicted octanol–water partition coefficient (Wildman–Crippen LogP) is 7.42. The van der Waals surface area contributed by atoms with Gasteiger partial charge in [-0.15, -0.1) is 0 Å². The van der Waals surface area contributed by atoms with E-state index < -0.39 is 11.9 Å². The van der Waals surface area contributed by atoms with Gasteiger partial charge in [-0.05, 0) is 66.5 Å². The topological polar surface area (TPSA) is 52.6 Å². The van der Waals surface area contributed by atoms with Crippen molar-refractivity contribution in [3.63, 3.8) is 0 Å². The van der Waals surface area contributed by atoms with Gasteiger partial charge in [-0.25, -0.2) is 9.59 Å². The molecule has 0 bridgehead atoms. The molecule has 0 saturated carbocycles. The molecule has 0 spiro atoms. The Morgan fingerprint density at radius 2 is 1.00 bits per heavy atom. The van der Waals surface area contributed by atoms with E-state index in [0.717, 1.165) is 17.5 Å². The lowest BCUT2D eigenvalue weighted by Crippen LogP contribution is -2.44. The van der Waals surface area contributed by atoms with Crippen LogP contribution in [0.1, 0.15) is 72.9 Å². The van der Waals surface area contributed by atoms with Gasteiger partial charge in [0.1, 0.15) is 11.5 Å². The second-order valence-electron chi connectivity index (χ2n) is 11.3. The minimum absolute atomic E-state index is 0.0173. The van der Waals surface area contributed by atoms with Crippen molar-refractivity contribution in [3.8, 4) is 11.5 Å². The van der Waals surface area contributed by atoms with Gasteiger partial charge >= 0.3 is 11.9 Å². The molecule has 182 valence electrons. The molecule has 0 unspecified atom stereocenters. The minimum Gasteiger partial charge on any atom is -0.423 e. The van der Waals surface area contributed by atoms with Gasteiger partial charge in [-0.1, -0.05) is 79.0 Å². The Bertz CT molecular complexity index is 987. The first-order chi connectivity index (χ1) is 15.6. The first-order valence-corrected chi connectivity index (χ1v) is 11.5. The van der Waals surface area contributed by atoms with E-state index in [0.29, 0.717) is 22.6 Å². The molecule has 0 heterocycles. The summed E-state index contributed by atoms with van der Waals surface area (Å²) in [6, 6.07) is 15.5. The zero-order chi connectivity index (χ0) is 25.9. The molecule has 0 aliphatic carbocycles. The van der Waals surface area contributed by atoms with E-state index in [1.165, 1.54) is 0 Å². The molecule has 2 aromatic carbocycles. The third-order valence-electron chi connectivity index (χ3n) is 5.89. The summed E-state index contributed by atoms with van der Waals surface area (Å²) in [5.41, 5.74) is 2.45. The third-order valence-corrected chi connectivity index (χ3v) is 5.89. The maximum absolute atomic E-state index is 11.9. The molecule has 0 atom stereocenters. The summed E-state index contributed by atoms with van der Waals surface area (Å²) >= 11 is 0. The van der Waals surface area contributed by atoms with E-state index in [1.54, 1.807) is 13.8 Å². The molecule has 0 saturated heterocycles. The lowest BCUT2D eigenvalue weighted by Gasteiger charge is -2.49. The molecule has 0 amide bonds. The van der Waals surface area contributed by atoms with Crippen LogP contribution in [0.5, 0.6) is 11.5 Å². The highest BCUT2D eigenvalue weighted by molar-refractivity contribution is 5.89. The molecular formula is C30H38O4. The standard InChI is InChI=1S/C30H38O4/c1-20(2)26(31)33-24-15-11-22(12-16-24)30(29(8,9)10,19-28(5,6)7)23-13-17-25(18-14-23)34-27(32)21(3)4/h11-18H,1,3,19H2,2,4-10H3. The van der Waals surface area contributed by atoms with E-state index >= 15 is 0 Å². The predicted molar refractivity (Wildman–Crippen MR) is 138 cm³/mol. The van der Waals surface area contributed by atoms with Crippen molar-refractivity contribution >= 4 is 11.9 Å². The van der Waals surface area contributed by atoms with Crippen LogP contribution in [0, 0.1) is 10.8 Å². The van der Waals surface area contributed by atoms with Gasteiger partial charge in [0.2, 0.25) is 0 Å². The summed E-state index contributed by atoms with van der Waals surface area (Å²) < 4.78 is 10.8. The molecule has 0 radical (unpaired) electrons. The Balaban J connectivity index is 2.61. The smallest absolute Gasteiger partial charge is 0.338 e. The van der Waals surface area contributed by atoms with Gasteiger partial charge in [0, 0.05) is 16.6 Å². The molecule has 0 aromatic heterocycles. The zero-order valence-electron chi connectivity index (χ0n) is 21.9. The Hall–Kier alpha value is -3.14. The van der Waals surface area contributed by atoms with Crippen LogP contribution in [0.15, 0.2) is 72.8 Å². The van der Waals surface area contributed by atoms with Gasteiger partial charge < -0.3 is 9.47 Å². The van der Waals surface area contributed by atoms with Crippen molar-refractivity contribution in [2.24, 2.45) is 10.8 Å². The largest absolute Gasteiger partial charge is 0.423 e. The van der Waals surface area contributed by atoms with Crippen molar-refractivity contribution < 1.29 is 19.1 Å². The number of ether oxygens (including phenoxy) is 2. The lowest BCUT2D eigenvalue weighted by molar-refractivity contribution is -0.130. The van der Waals surface area contributed by atoms with Crippen LogP contribution in [-0.2, 0) is 15.0 Å². The summed E-state index contributed by atoms with van der Waals surface area (Å²) in [5, 5.41) is 0. The van der Waals surface area contributed by atoms with Crippen LogP contribution >= 0.6 is 0 Å². The fourth-order valence-corrected chi connectivity index (χ4v) is 4.30. The highest BCUT2D eigenvalue weighted by Crippen LogP contribution is 2.53. The zero-order valence-corrected chi connectivity index (χ0v) is 21.9. The Kier molecular flexibility index (Phi) is 7.98. The van der Waals surface area contributed by atoms with Gasteiger partial charge in [-0.3, -0.25) is 0 Å². The molecule has 2 rings (SSSR count). The van der Waals surface area contributed by atoms with Crippen molar-refractivity contribution in [3.05, 3.63) is 84.0 Å². The van der Waals surface area contributed by atoms with Gasteiger partial charge in [0.25, 0.3) is 0 Å². The summed E-state index contributed by atoms with van der Waals surface area (Å²) in [4.78, 5) is 23.9. The van der Waals surface area contributed by atoms with Crippen molar-refractivity contribution in [1.29, 1.82) is 0 Å². The van der Waals surface area contributed by atoms with Crippen molar-refractivity contribution in [2.75, 3.05) is 0 Å². The van der Waals surface area contributed by atoms with Crippen LogP contribution in [0.2, 0.25) is 0 Å². The Morgan fingerprint density at radius 3 is 1.24 bits per heavy atom. The van der Waals surface area contributed by atoms with Crippen LogP contribution in [0.3, 0.4) is 0 Å². The number of carbonyl (C=O) groups excluding carboxylic acids is 2. The number of hydrogen-bond donors (Lipinski definition) is 0. The highest BCUT2D eigenvalue weighted by Gasteiger charge is 2.47. The maximum Gasteiger partial charge on any atom is 0.338 e. The van der Waals surface area contributed by atoms with E-state index in [1.807, 2.05) is 48.5 Å². The van der Waals surface area contributed by atoms with E-state index in [4.69, 9.17) is 9.47 Å². The number of rotatable bonds is 7. The second kappa shape index (κ2) is 10.0. The minimum atomic E-state index is -0.440. The molecule has 4 nitrogen and oxygen atoms in total. The van der Waals surface area contributed by atoms with Crippen LogP contribution in [0.4, 0.5) is 0 Å². The molecule has 4 heteroatoms. The molecule has 0 aliphatic heterocycles. The first kappa shape index (κ1) is 27.1. The Morgan fingerprint density at radius 1 is 0.676 bits per heavy atom. The monoisotopic (exact) mass is 462 g/mol. The highest BCUT2D eigenvalue weighted by atomic mass is 16.5. The SMILES string of the molecule is C=C(C)C(=O)Oc1ccc(C(CC(C)(C)C)(c2ccc(OC(=O)C(=C)C)cc2)C(C)(C)C)cc1. The molecule has 34 heavy (non-hydrogen) atoms. The fraction of sp³-hybridized carbons (Fsp3) is 0.400. The molecule has 2 aromatic rings.